The Morgan fingerprint density at radius 3 is 0.750 bits per heavy atom. The Kier molecular flexibility index (Phi) is 63.1. The third-order valence-electron chi connectivity index (χ3n) is 15.4. The average Bonchev–Trinajstić information content (AvgIpc) is 3.42. The van der Waals surface area contributed by atoms with Gasteiger partial charge in [0.1, 0.15) is 13.2 Å². The minimum atomic E-state index is -0.779. The van der Waals surface area contributed by atoms with Crippen molar-refractivity contribution in [2.24, 2.45) is 0 Å². The lowest BCUT2D eigenvalue weighted by Crippen LogP contribution is -2.30. The van der Waals surface area contributed by atoms with Gasteiger partial charge in [0, 0.05) is 19.3 Å². The van der Waals surface area contributed by atoms with E-state index in [0.29, 0.717) is 19.3 Å². The topological polar surface area (TPSA) is 78.9 Å². The lowest BCUT2D eigenvalue weighted by molar-refractivity contribution is -0.167. The molecule has 0 fully saturated rings. The predicted octanol–water partition coefficient (Wildman–Crippen LogP) is 23.2. The zero-order chi connectivity index (χ0) is 55.0. The van der Waals surface area contributed by atoms with Crippen LogP contribution in [0.1, 0.15) is 374 Å². The minimum Gasteiger partial charge on any atom is -0.462 e. The lowest BCUT2D eigenvalue weighted by atomic mass is 10.0. The molecule has 0 spiro atoms. The molecule has 446 valence electrons. The third kappa shape index (κ3) is 62.5. The Hall–Kier alpha value is -2.37. The van der Waals surface area contributed by atoms with Crippen LogP contribution in [-0.4, -0.2) is 37.2 Å². The summed E-state index contributed by atoms with van der Waals surface area (Å²) < 4.78 is 17.0. The van der Waals surface area contributed by atoms with Crippen molar-refractivity contribution >= 4 is 17.9 Å². The van der Waals surface area contributed by atoms with Gasteiger partial charge in [-0.15, -0.1) is 0 Å². The molecule has 0 aromatic heterocycles. The van der Waals surface area contributed by atoms with Crippen LogP contribution in [-0.2, 0) is 28.6 Å². The van der Waals surface area contributed by atoms with Gasteiger partial charge in [0.25, 0.3) is 0 Å². The van der Waals surface area contributed by atoms with Gasteiger partial charge in [-0.2, -0.15) is 0 Å². The first-order valence-corrected chi connectivity index (χ1v) is 34.0. The molecule has 0 heterocycles. The van der Waals surface area contributed by atoms with Crippen molar-refractivity contribution in [1.29, 1.82) is 0 Å². The molecule has 0 aromatic carbocycles. The van der Waals surface area contributed by atoms with Gasteiger partial charge in [0.05, 0.1) is 0 Å². The summed E-state index contributed by atoms with van der Waals surface area (Å²) in [6.07, 6.45) is 80.2. The van der Waals surface area contributed by atoms with E-state index in [2.05, 4.69) is 57.2 Å². The van der Waals surface area contributed by atoms with E-state index < -0.39 is 6.10 Å². The zero-order valence-corrected chi connectivity index (χ0v) is 51.3. The number of unbranched alkanes of at least 4 members (excludes halogenated alkanes) is 46. The number of carbonyl (C=O) groups excluding carboxylic acids is 3. The largest absolute Gasteiger partial charge is 0.462 e. The van der Waals surface area contributed by atoms with Crippen LogP contribution in [0.4, 0.5) is 0 Å². The molecular formula is C70H130O6. The summed E-state index contributed by atoms with van der Waals surface area (Å²) in [6.45, 7) is 6.67. The Balaban J connectivity index is 4.27. The van der Waals surface area contributed by atoms with Crippen LogP contribution >= 0.6 is 0 Å². The van der Waals surface area contributed by atoms with Crippen LogP contribution in [0.2, 0.25) is 0 Å². The number of hydrogen-bond donors (Lipinski definition) is 0. The standard InChI is InChI=1S/C70H130O6/c1-4-7-10-13-16-19-22-25-28-30-32-33-34-35-36-37-38-40-42-45-48-51-54-57-60-63-69(72)75-66-67(65-74-68(71)62-59-56-53-50-47-44-41-27-24-21-18-15-12-9-6-3)76-70(73)64-61-58-55-52-49-46-43-39-31-29-26-23-20-17-14-11-8-5-2/h20,23,27,29,31,41,67H,4-19,21-22,24-26,28,30,32-40,42-66H2,1-3H3/b23-20-,31-29-,41-27-. The van der Waals surface area contributed by atoms with E-state index in [9.17, 15) is 14.4 Å². The molecule has 0 aromatic rings. The van der Waals surface area contributed by atoms with E-state index in [0.717, 1.165) is 77.0 Å². The normalized spacial score (nSPS) is 12.2. The molecule has 6 heteroatoms. The van der Waals surface area contributed by atoms with Gasteiger partial charge in [-0.05, 0) is 77.0 Å². The van der Waals surface area contributed by atoms with Crippen LogP contribution in [0.3, 0.4) is 0 Å². The fraction of sp³-hybridized carbons (Fsp3) is 0.871. The number of allylic oxidation sites excluding steroid dienone is 6. The molecule has 76 heavy (non-hydrogen) atoms. The van der Waals surface area contributed by atoms with Crippen molar-refractivity contribution in [1.82, 2.24) is 0 Å². The number of esters is 3. The van der Waals surface area contributed by atoms with Gasteiger partial charge in [0.2, 0.25) is 0 Å². The molecule has 0 N–H and O–H groups in total. The highest BCUT2D eigenvalue weighted by Crippen LogP contribution is 2.18. The molecule has 1 atom stereocenters. The van der Waals surface area contributed by atoms with Crippen LogP contribution in [0.25, 0.3) is 0 Å². The highest BCUT2D eigenvalue weighted by atomic mass is 16.6. The summed E-state index contributed by atoms with van der Waals surface area (Å²) in [4.78, 5) is 38.4. The van der Waals surface area contributed by atoms with Crippen molar-refractivity contribution in [2.45, 2.75) is 380 Å². The summed E-state index contributed by atoms with van der Waals surface area (Å²) in [7, 11) is 0. The van der Waals surface area contributed by atoms with E-state index in [-0.39, 0.29) is 31.1 Å². The molecule has 0 aliphatic carbocycles. The maximum Gasteiger partial charge on any atom is 0.306 e. The minimum absolute atomic E-state index is 0.0737. The predicted molar refractivity (Wildman–Crippen MR) is 330 cm³/mol. The first kappa shape index (κ1) is 73.6. The highest BCUT2D eigenvalue weighted by Gasteiger charge is 2.19. The number of ether oxygens (including phenoxy) is 3. The molecular weight excluding hydrogens is 937 g/mol. The smallest absolute Gasteiger partial charge is 0.306 e. The Labute approximate surface area is 474 Å². The van der Waals surface area contributed by atoms with E-state index >= 15 is 0 Å². The van der Waals surface area contributed by atoms with Crippen molar-refractivity contribution < 1.29 is 28.6 Å². The maximum absolute atomic E-state index is 12.9. The number of rotatable bonds is 63. The van der Waals surface area contributed by atoms with Crippen LogP contribution in [0, 0.1) is 0 Å². The second kappa shape index (κ2) is 65.2. The maximum atomic E-state index is 12.9. The Morgan fingerprint density at radius 2 is 0.474 bits per heavy atom. The third-order valence-corrected chi connectivity index (χ3v) is 15.4. The summed E-state index contributed by atoms with van der Waals surface area (Å²) in [5, 5.41) is 0. The SMILES string of the molecule is CCCCCC/C=C\C/C=C\CCCCCCCCCC(=O)OC(COC(=O)CCCCCCC/C=C\CCCCCCCC)COC(=O)CCCCCCCCCCCCCCCCCCCCCCCCCCC. The zero-order valence-electron chi connectivity index (χ0n) is 51.3. The molecule has 0 aliphatic heterocycles. The number of hydrogen-bond acceptors (Lipinski definition) is 6. The second-order valence-corrected chi connectivity index (χ2v) is 23.1. The monoisotopic (exact) mass is 1070 g/mol. The molecule has 0 amide bonds. The van der Waals surface area contributed by atoms with Crippen LogP contribution in [0.15, 0.2) is 36.5 Å². The van der Waals surface area contributed by atoms with Crippen molar-refractivity contribution in [3.05, 3.63) is 36.5 Å². The fourth-order valence-electron chi connectivity index (χ4n) is 10.2. The first-order chi connectivity index (χ1) is 37.5. The van der Waals surface area contributed by atoms with Crippen molar-refractivity contribution in [3.8, 4) is 0 Å². The molecule has 0 saturated carbocycles. The van der Waals surface area contributed by atoms with Crippen LogP contribution < -0.4 is 0 Å². The summed E-state index contributed by atoms with van der Waals surface area (Å²) in [5.74, 6) is -0.865. The van der Waals surface area contributed by atoms with E-state index in [4.69, 9.17) is 14.2 Å². The fourth-order valence-corrected chi connectivity index (χ4v) is 10.2. The summed E-state index contributed by atoms with van der Waals surface area (Å²) in [6, 6.07) is 0. The molecule has 0 aliphatic rings. The van der Waals surface area contributed by atoms with E-state index in [1.807, 2.05) is 0 Å². The lowest BCUT2D eigenvalue weighted by Gasteiger charge is -2.18. The van der Waals surface area contributed by atoms with Gasteiger partial charge < -0.3 is 14.2 Å². The van der Waals surface area contributed by atoms with E-state index in [1.54, 1.807) is 0 Å². The molecule has 0 saturated heterocycles. The summed E-state index contributed by atoms with van der Waals surface area (Å²) in [5.41, 5.74) is 0. The van der Waals surface area contributed by atoms with Crippen molar-refractivity contribution in [3.63, 3.8) is 0 Å². The molecule has 1 unspecified atom stereocenters. The van der Waals surface area contributed by atoms with Gasteiger partial charge in [-0.25, -0.2) is 0 Å². The average molecular weight is 1070 g/mol. The number of carbonyl (C=O) groups is 3. The second-order valence-electron chi connectivity index (χ2n) is 23.1. The first-order valence-electron chi connectivity index (χ1n) is 34.0. The quantitative estimate of drug-likeness (QED) is 0.0261. The Bertz CT molecular complexity index is 1270. The molecule has 0 rings (SSSR count). The van der Waals surface area contributed by atoms with E-state index in [1.165, 1.54) is 257 Å². The van der Waals surface area contributed by atoms with Crippen molar-refractivity contribution in [2.75, 3.05) is 13.2 Å². The van der Waals surface area contributed by atoms with Gasteiger partial charge in [-0.3, -0.25) is 14.4 Å². The Morgan fingerprint density at radius 1 is 0.263 bits per heavy atom. The summed E-state index contributed by atoms with van der Waals surface area (Å²) >= 11 is 0. The highest BCUT2D eigenvalue weighted by molar-refractivity contribution is 5.71. The van der Waals surface area contributed by atoms with Crippen LogP contribution in [0.5, 0.6) is 0 Å². The van der Waals surface area contributed by atoms with Gasteiger partial charge in [0.15, 0.2) is 6.10 Å². The molecule has 6 nitrogen and oxygen atoms in total. The molecule has 0 bridgehead atoms. The van der Waals surface area contributed by atoms with Gasteiger partial charge >= 0.3 is 17.9 Å². The van der Waals surface area contributed by atoms with Gasteiger partial charge in [-0.1, -0.05) is 314 Å². The molecule has 0 radical (unpaired) electrons.